The van der Waals surface area contributed by atoms with Gasteiger partial charge in [-0.2, -0.15) is 0 Å². The van der Waals surface area contributed by atoms with Gasteiger partial charge in [0.2, 0.25) is 0 Å². The first-order chi connectivity index (χ1) is 7.50. The first kappa shape index (κ1) is 13.5. The van der Waals surface area contributed by atoms with Crippen molar-refractivity contribution in [3.63, 3.8) is 0 Å². The molecule has 0 radical (unpaired) electrons. The predicted molar refractivity (Wildman–Crippen MR) is 64.9 cm³/mol. The average molecular weight is 224 g/mol. The highest BCUT2D eigenvalue weighted by Gasteiger charge is 2.28. The molecule has 0 atom stereocenters. The summed E-state index contributed by atoms with van der Waals surface area (Å²) in [6, 6.07) is 0. The maximum atomic E-state index is 11.4. The van der Waals surface area contributed by atoms with E-state index in [1.807, 2.05) is 19.9 Å². The SMILES string of the molecule is CC(C)C(=O)/C=C/C1CCC(B(O)O)CC1. The first-order valence-electron chi connectivity index (χ1n) is 6.09. The lowest BCUT2D eigenvalue weighted by Crippen LogP contribution is -2.24. The van der Waals surface area contributed by atoms with Crippen molar-refractivity contribution in [3.8, 4) is 0 Å². The summed E-state index contributed by atoms with van der Waals surface area (Å²) in [5.74, 6) is 0.680. The van der Waals surface area contributed by atoms with Gasteiger partial charge in [-0.1, -0.05) is 32.8 Å². The van der Waals surface area contributed by atoms with Crippen molar-refractivity contribution in [2.24, 2.45) is 11.8 Å². The molecule has 1 saturated carbocycles. The minimum atomic E-state index is -1.18. The molecule has 0 aromatic heterocycles. The Morgan fingerprint density at radius 1 is 1.25 bits per heavy atom. The van der Waals surface area contributed by atoms with Crippen LogP contribution >= 0.6 is 0 Å². The molecule has 1 rings (SSSR count). The smallest absolute Gasteiger partial charge is 0.427 e. The second-order valence-corrected chi connectivity index (χ2v) is 5.00. The summed E-state index contributed by atoms with van der Waals surface area (Å²) in [6.07, 6.45) is 7.24. The van der Waals surface area contributed by atoms with Crippen LogP contribution < -0.4 is 0 Å². The molecule has 1 aliphatic carbocycles. The number of carbonyl (C=O) groups is 1. The van der Waals surface area contributed by atoms with Gasteiger partial charge in [-0.3, -0.25) is 4.79 Å². The van der Waals surface area contributed by atoms with Crippen molar-refractivity contribution >= 4 is 12.9 Å². The average Bonchev–Trinajstić information content (AvgIpc) is 2.26. The summed E-state index contributed by atoms with van der Waals surface area (Å²) in [5, 5.41) is 18.1. The van der Waals surface area contributed by atoms with Crippen LogP contribution in [0.5, 0.6) is 0 Å². The second-order valence-electron chi connectivity index (χ2n) is 5.00. The molecular formula is C12H21BO3. The maximum Gasteiger partial charge on any atom is 0.454 e. The molecule has 0 amide bonds. The molecule has 3 nitrogen and oxygen atoms in total. The third kappa shape index (κ3) is 4.10. The van der Waals surface area contributed by atoms with E-state index in [0.29, 0.717) is 5.92 Å². The van der Waals surface area contributed by atoms with E-state index in [0.717, 1.165) is 25.7 Å². The van der Waals surface area contributed by atoms with Crippen molar-refractivity contribution in [2.45, 2.75) is 45.3 Å². The Morgan fingerprint density at radius 2 is 1.81 bits per heavy atom. The van der Waals surface area contributed by atoms with Gasteiger partial charge in [0, 0.05) is 5.92 Å². The number of hydrogen-bond acceptors (Lipinski definition) is 3. The van der Waals surface area contributed by atoms with Gasteiger partial charge in [0.1, 0.15) is 0 Å². The first-order valence-corrected chi connectivity index (χ1v) is 6.09. The van der Waals surface area contributed by atoms with E-state index < -0.39 is 7.12 Å². The summed E-state index contributed by atoms with van der Waals surface area (Å²) in [5.41, 5.74) is 0. The Hall–Kier alpha value is -0.605. The van der Waals surface area contributed by atoms with Crippen LogP contribution in [0.4, 0.5) is 0 Å². The van der Waals surface area contributed by atoms with E-state index in [1.165, 1.54) is 0 Å². The number of ketones is 1. The molecule has 0 aromatic rings. The molecule has 1 fully saturated rings. The molecule has 0 aliphatic heterocycles. The minimum absolute atomic E-state index is 0.0189. The lowest BCUT2D eigenvalue weighted by atomic mass is 9.63. The maximum absolute atomic E-state index is 11.4. The highest BCUT2D eigenvalue weighted by Crippen LogP contribution is 2.34. The lowest BCUT2D eigenvalue weighted by Gasteiger charge is -2.25. The van der Waals surface area contributed by atoms with Crippen LogP contribution in [-0.4, -0.2) is 22.9 Å². The Morgan fingerprint density at radius 3 is 2.25 bits per heavy atom. The lowest BCUT2D eigenvalue weighted by molar-refractivity contribution is -0.117. The van der Waals surface area contributed by atoms with Crippen LogP contribution in [0.3, 0.4) is 0 Å². The highest BCUT2D eigenvalue weighted by molar-refractivity contribution is 6.43. The molecule has 16 heavy (non-hydrogen) atoms. The Labute approximate surface area is 97.7 Å². The molecule has 0 saturated heterocycles. The summed E-state index contributed by atoms with van der Waals surface area (Å²) in [4.78, 5) is 11.4. The summed E-state index contributed by atoms with van der Waals surface area (Å²) < 4.78 is 0. The van der Waals surface area contributed by atoms with Crippen LogP contribution in [0.25, 0.3) is 0 Å². The molecule has 1 aliphatic rings. The number of rotatable bonds is 4. The zero-order chi connectivity index (χ0) is 12.1. The largest absolute Gasteiger partial charge is 0.454 e. The second kappa shape index (κ2) is 6.21. The molecular weight excluding hydrogens is 203 g/mol. The van der Waals surface area contributed by atoms with E-state index >= 15 is 0 Å². The predicted octanol–water partition coefficient (Wildman–Crippen LogP) is 1.80. The highest BCUT2D eigenvalue weighted by atomic mass is 16.4. The number of allylic oxidation sites excluding steroid dienone is 2. The van der Waals surface area contributed by atoms with Crippen LogP contribution in [-0.2, 0) is 4.79 Å². The van der Waals surface area contributed by atoms with Gasteiger partial charge in [-0.25, -0.2) is 0 Å². The fourth-order valence-electron chi connectivity index (χ4n) is 2.06. The molecule has 0 aromatic carbocycles. The van der Waals surface area contributed by atoms with Crippen molar-refractivity contribution in [2.75, 3.05) is 0 Å². The van der Waals surface area contributed by atoms with Gasteiger partial charge in [0.25, 0.3) is 0 Å². The van der Waals surface area contributed by atoms with Crippen LogP contribution in [0.1, 0.15) is 39.5 Å². The quantitative estimate of drug-likeness (QED) is 0.565. The van der Waals surface area contributed by atoms with Crippen LogP contribution in [0, 0.1) is 11.8 Å². The Kier molecular flexibility index (Phi) is 5.22. The normalized spacial score (nSPS) is 26.3. The molecule has 2 N–H and O–H groups in total. The van der Waals surface area contributed by atoms with Gasteiger partial charge < -0.3 is 10.0 Å². The zero-order valence-electron chi connectivity index (χ0n) is 10.1. The topological polar surface area (TPSA) is 57.5 Å². The van der Waals surface area contributed by atoms with Crippen LogP contribution in [0.2, 0.25) is 5.82 Å². The zero-order valence-corrected chi connectivity index (χ0v) is 10.1. The van der Waals surface area contributed by atoms with Gasteiger partial charge in [-0.15, -0.1) is 0 Å². The van der Waals surface area contributed by atoms with E-state index in [9.17, 15) is 4.79 Å². The van der Waals surface area contributed by atoms with E-state index in [-0.39, 0.29) is 17.5 Å². The number of carbonyl (C=O) groups excluding carboxylic acids is 1. The molecule has 90 valence electrons. The van der Waals surface area contributed by atoms with Gasteiger partial charge in [-0.05, 0) is 30.7 Å². The molecule has 0 spiro atoms. The summed E-state index contributed by atoms with van der Waals surface area (Å²) in [6.45, 7) is 3.79. The van der Waals surface area contributed by atoms with Gasteiger partial charge in [0.15, 0.2) is 5.78 Å². The van der Waals surface area contributed by atoms with Crippen molar-refractivity contribution in [1.29, 1.82) is 0 Å². The fourth-order valence-corrected chi connectivity index (χ4v) is 2.06. The third-order valence-electron chi connectivity index (χ3n) is 3.34. The van der Waals surface area contributed by atoms with Crippen LogP contribution in [0.15, 0.2) is 12.2 Å². The van der Waals surface area contributed by atoms with Gasteiger partial charge >= 0.3 is 7.12 Å². The molecule has 4 heteroatoms. The summed E-state index contributed by atoms with van der Waals surface area (Å²) >= 11 is 0. The summed E-state index contributed by atoms with van der Waals surface area (Å²) in [7, 11) is -1.18. The van der Waals surface area contributed by atoms with Crippen molar-refractivity contribution in [3.05, 3.63) is 12.2 Å². The van der Waals surface area contributed by atoms with E-state index in [2.05, 4.69) is 0 Å². The number of hydrogen-bond donors (Lipinski definition) is 2. The van der Waals surface area contributed by atoms with Gasteiger partial charge in [0.05, 0.1) is 0 Å². The van der Waals surface area contributed by atoms with E-state index in [4.69, 9.17) is 10.0 Å². The Balaban J connectivity index is 2.35. The molecule has 0 heterocycles. The standard InChI is InChI=1S/C12H21BO3/c1-9(2)12(14)8-5-10-3-6-11(7-4-10)13(15)16/h5,8-11,15-16H,3-4,6-7H2,1-2H3/b8-5+. The molecule has 0 unspecified atom stereocenters. The third-order valence-corrected chi connectivity index (χ3v) is 3.34. The minimum Gasteiger partial charge on any atom is -0.427 e. The molecule has 0 bridgehead atoms. The van der Waals surface area contributed by atoms with Crippen molar-refractivity contribution in [1.82, 2.24) is 0 Å². The monoisotopic (exact) mass is 224 g/mol. The van der Waals surface area contributed by atoms with Crippen molar-refractivity contribution < 1.29 is 14.8 Å². The fraction of sp³-hybridized carbons (Fsp3) is 0.750. The van der Waals surface area contributed by atoms with E-state index in [1.54, 1.807) is 6.08 Å². The Bertz CT molecular complexity index is 253.